The minimum atomic E-state index is -0.399. The Morgan fingerprint density at radius 2 is 1.86 bits per heavy atom. The van der Waals surface area contributed by atoms with Gasteiger partial charge in [-0.15, -0.1) is 0 Å². The van der Waals surface area contributed by atoms with E-state index in [4.69, 9.17) is 18.7 Å². The molecule has 1 amide bonds. The number of rotatable bonds is 6. The average molecular weight is 394 g/mol. The Kier molecular flexibility index (Phi) is 5.15. The van der Waals surface area contributed by atoms with Crippen molar-refractivity contribution in [1.82, 2.24) is 5.16 Å². The van der Waals surface area contributed by atoms with Crippen LogP contribution in [0, 0.1) is 0 Å². The molecule has 0 saturated heterocycles. The summed E-state index contributed by atoms with van der Waals surface area (Å²) in [5.74, 6) is 1.21. The van der Waals surface area contributed by atoms with E-state index in [1.165, 1.54) is 0 Å². The quantitative estimate of drug-likeness (QED) is 0.639. The van der Waals surface area contributed by atoms with E-state index >= 15 is 0 Å². The normalized spacial score (nSPS) is 11.9. The number of aromatic nitrogens is 1. The standard InChI is InChI=1S/C21H18N2O6/c1-2-26-21(25)13-3-6-15(7-4-13)22-20(24)11-16-10-18(29-23-16)14-5-8-17-19(9-14)28-12-27-17/h3-10H,2,11-12H2,1H3,(H,22,24). The fourth-order valence-electron chi connectivity index (χ4n) is 2.85. The van der Waals surface area contributed by atoms with E-state index in [9.17, 15) is 9.59 Å². The van der Waals surface area contributed by atoms with Crippen molar-refractivity contribution in [1.29, 1.82) is 0 Å². The van der Waals surface area contributed by atoms with Gasteiger partial charge in [-0.1, -0.05) is 5.16 Å². The van der Waals surface area contributed by atoms with E-state index in [0.29, 0.717) is 40.8 Å². The minimum absolute atomic E-state index is 0.0493. The molecule has 4 rings (SSSR count). The van der Waals surface area contributed by atoms with E-state index in [-0.39, 0.29) is 19.1 Å². The summed E-state index contributed by atoms with van der Waals surface area (Å²) >= 11 is 0. The molecule has 0 unspecified atom stereocenters. The molecule has 1 aliphatic heterocycles. The summed E-state index contributed by atoms with van der Waals surface area (Å²) in [5.41, 5.74) is 2.28. The molecule has 8 heteroatoms. The number of hydrogen-bond donors (Lipinski definition) is 1. The van der Waals surface area contributed by atoms with Crippen LogP contribution in [0.2, 0.25) is 0 Å². The molecule has 2 heterocycles. The van der Waals surface area contributed by atoms with Crippen LogP contribution in [0.3, 0.4) is 0 Å². The van der Waals surface area contributed by atoms with Crippen LogP contribution in [0.15, 0.2) is 53.1 Å². The number of hydrogen-bond acceptors (Lipinski definition) is 7. The molecule has 0 radical (unpaired) electrons. The number of esters is 1. The maximum Gasteiger partial charge on any atom is 0.338 e. The van der Waals surface area contributed by atoms with E-state index in [2.05, 4.69) is 10.5 Å². The number of carbonyl (C=O) groups excluding carboxylic acids is 2. The first-order valence-electron chi connectivity index (χ1n) is 9.05. The molecule has 3 aromatic rings. The molecule has 0 saturated carbocycles. The van der Waals surface area contributed by atoms with Crippen LogP contribution in [0.4, 0.5) is 5.69 Å². The molecule has 1 aromatic heterocycles. The molecule has 2 aromatic carbocycles. The summed E-state index contributed by atoms with van der Waals surface area (Å²) in [6, 6.07) is 13.6. The van der Waals surface area contributed by atoms with Crippen LogP contribution in [-0.2, 0) is 16.0 Å². The zero-order valence-electron chi connectivity index (χ0n) is 15.6. The highest BCUT2D eigenvalue weighted by molar-refractivity contribution is 5.93. The maximum absolute atomic E-state index is 12.3. The van der Waals surface area contributed by atoms with Gasteiger partial charge in [0, 0.05) is 17.3 Å². The first kappa shape index (κ1) is 18.5. The Morgan fingerprint density at radius 1 is 1.07 bits per heavy atom. The summed E-state index contributed by atoms with van der Waals surface area (Å²) in [4.78, 5) is 23.9. The first-order chi connectivity index (χ1) is 14.1. The van der Waals surface area contributed by atoms with Crippen LogP contribution < -0.4 is 14.8 Å². The van der Waals surface area contributed by atoms with Gasteiger partial charge in [0.05, 0.1) is 24.3 Å². The van der Waals surface area contributed by atoms with E-state index in [1.807, 2.05) is 6.07 Å². The van der Waals surface area contributed by atoms with Crippen molar-refractivity contribution in [2.24, 2.45) is 0 Å². The SMILES string of the molecule is CCOC(=O)c1ccc(NC(=O)Cc2cc(-c3ccc4c(c3)OCO4)on2)cc1. The Labute approximate surface area is 166 Å². The second kappa shape index (κ2) is 8.05. The van der Waals surface area contributed by atoms with Crippen molar-refractivity contribution in [2.45, 2.75) is 13.3 Å². The van der Waals surface area contributed by atoms with Gasteiger partial charge in [0.1, 0.15) is 0 Å². The van der Waals surface area contributed by atoms with Gasteiger partial charge in [-0.25, -0.2) is 4.79 Å². The molecular weight excluding hydrogens is 376 g/mol. The molecule has 0 spiro atoms. The lowest BCUT2D eigenvalue weighted by molar-refractivity contribution is -0.115. The predicted molar refractivity (Wildman–Crippen MR) is 103 cm³/mol. The highest BCUT2D eigenvalue weighted by atomic mass is 16.7. The smallest absolute Gasteiger partial charge is 0.338 e. The van der Waals surface area contributed by atoms with Gasteiger partial charge in [0.2, 0.25) is 12.7 Å². The third-order valence-corrected chi connectivity index (χ3v) is 4.24. The highest BCUT2D eigenvalue weighted by Crippen LogP contribution is 2.36. The maximum atomic E-state index is 12.3. The Balaban J connectivity index is 1.37. The first-order valence-corrected chi connectivity index (χ1v) is 9.05. The Morgan fingerprint density at radius 3 is 2.66 bits per heavy atom. The van der Waals surface area contributed by atoms with Gasteiger partial charge < -0.3 is 24.1 Å². The second-order valence-electron chi connectivity index (χ2n) is 6.27. The number of benzene rings is 2. The average Bonchev–Trinajstić information content (AvgIpc) is 3.37. The molecule has 1 N–H and O–H groups in total. The van der Waals surface area contributed by atoms with Crippen molar-refractivity contribution >= 4 is 17.6 Å². The zero-order valence-corrected chi connectivity index (χ0v) is 15.6. The third-order valence-electron chi connectivity index (χ3n) is 4.24. The van der Waals surface area contributed by atoms with Gasteiger partial charge in [-0.05, 0) is 49.4 Å². The summed E-state index contributed by atoms with van der Waals surface area (Å²) in [7, 11) is 0. The second-order valence-corrected chi connectivity index (χ2v) is 6.27. The number of anilines is 1. The predicted octanol–water partition coefficient (Wildman–Crippen LogP) is 3.43. The molecule has 8 nitrogen and oxygen atoms in total. The lowest BCUT2D eigenvalue weighted by Crippen LogP contribution is -2.14. The fraction of sp³-hybridized carbons (Fsp3) is 0.190. The molecule has 29 heavy (non-hydrogen) atoms. The van der Waals surface area contributed by atoms with Gasteiger partial charge in [-0.3, -0.25) is 4.79 Å². The summed E-state index contributed by atoms with van der Waals surface area (Å²) in [6.07, 6.45) is 0.0493. The molecular formula is C21H18N2O6. The molecule has 148 valence electrons. The van der Waals surface area contributed by atoms with Crippen molar-refractivity contribution < 1.29 is 28.3 Å². The highest BCUT2D eigenvalue weighted by Gasteiger charge is 2.17. The molecule has 0 aliphatic carbocycles. The van der Waals surface area contributed by atoms with E-state index < -0.39 is 5.97 Å². The third kappa shape index (κ3) is 4.21. The van der Waals surface area contributed by atoms with Crippen LogP contribution in [0.1, 0.15) is 23.0 Å². The molecule has 0 atom stereocenters. The summed E-state index contributed by atoms with van der Waals surface area (Å²) < 4.78 is 20.9. The van der Waals surface area contributed by atoms with E-state index in [1.54, 1.807) is 49.4 Å². The van der Waals surface area contributed by atoms with Crippen LogP contribution in [0.5, 0.6) is 11.5 Å². The minimum Gasteiger partial charge on any atom is -0.462 e. The van der Waals surface area contributed by atoms with Gasteiger partial charge in [0.15, 0.2) is 17.3 Å². The largest absolute Gasteiger partial charge is 0.462 e. The lowest BCUT2D eigenvalue weighted by Gasteiger charge is -2.05. The van der Waals surface area contributed by atoms with Crippen molar-refractivity contribution in [3.63, 3.8) is 0 Å². The number of amides is 1. The number of ether oxygens (including phenoxy) is 3. The summed E-state index contributed by atoms with van der Waals surface area (Å²) in [5, 5.41) is 6.72. The summed E-state index contributed by atoms with van der Waals surface area (Å²) in [6.45, 7) is 2.25. The van der Waals surface area contributed by atoms with Crippen molar-refractivity contribution in [2.75, 3.05) is 18.7 Å². The number of carbonyl (C=O) groups is 2. The zero-order chi connectivity index (χ0) is 20.2. The number of nitrogens with zero attached hydrogens (tertiary/aromatic N) is 1. The van der Waals surface area contributed by atoms with Gasteiger partial charge in [0.25, 0.3) is 0 Å². The molecule has 1 aliphatic rings. The monoisotopic (exact) mass is 394 g/mol. The van der Waals surface area contributed by atoms with Gasteiger partial charge in [-0.2, -0.15) is 0 Å². The Bertz CT molecular complexity index is 1040. The number of nitrogens with one attached hydrogen (secondary N) is 1. The van der Waals surface area contributed by atoms with Crippen LogP contribution >= 0.6 is 0 Å². The number of fused-ring (bicyclic) bond motifs is 1. The van der Waals surface area contributed by atoms with Crippen molar-refractivity contribution in [3.8, 4) is 22.8 Å². The van der Waals surface area contributed by atoms with Gasteiger partial charge >= 0.3 is 5.97 Å². The topological polar surface area (TPSA) is 99.9 Å². The lowest BCUT2D eigenvalue weighted by atomic mass is 10.1. The molecule has 0 fully saturated rings. The van der Waals surface area contributed by atoms with Crippen molar-refractivity contribution in [3.05, 3.63) is 59.8 Å². The van der Waals surface area contributed by atoms with E-state index in [0.717, 1.165) is 5.56 Å². The van der Waals surface area contributed by atoms with Crippen LogP contribution in [-0.4, -0.2) is 30.4 Å². The fourth-order valence-corrected chi connectivity index (χ4v) is 2.85. The molecule has 0 bridgehead atoms. The van der Waals surface area contributed by atoms with Crippen LogP contribution in [0.25, 0.3) is 11.3 Å². The Hall–Kier alpha value is -3.81.